The minimum atomic E-state index is -2.26. The summed E-state index contributed by atoms with van der Waals surface area (Å²) in [6, 6.07) is 0. The van der Waals surface area contributed by atoms with Gasteiger partial charge < -0.3 is 105 Å². The molecule has 21 heteroatoms. The number of hydrogen-bond acceptors (Lipinski definition) is 21. The van der Waals surface area contributed by atoms with Crippen molar-refractivity contribution in [3.63, 3.8) is 0 Å². The number of rotatable bonds is 32. The molecule has 0 radical (unpaired) electrons. The van der Waals surface area contributed by atoms with Crippen LogP contribution in [0.3, 0.4) is 0 Å². The average Bonchev–Trinajstić information content (AvgIpc) is 3.11. The van der Waals surface area contributed by atoms with E-state index in [0.29, 0.717) is 0 Å². The predicted octanol–water partition coefficient (Wildman–Crippen LogP) is -6.68. The summed E-state index contributed by atoms with van der Waals surface area (Å²) in [6.07, 6.45) is -31.8. The molecule has 0 aliphatic rings. The zero-order valence-corrected chi connectivity index (χ0v) is 29.2. The summed E-state index contributed by atoms with van der Waals surface area (Å²) in [6.45, 7) is 2.52. The predicted molar refractivity (Wildman–Crippen MR) is 170 cm³/mol. The molecule has 0 saturated carbocycles. The molecule has 0 rings (SSSR count). The lowest BCUT2D eigenvalue weighted by atomic mass is 10.0. The van der Waals surface area contributed by atoms with Crippen LogP contribution in [-0.2, 0) is 28.4 Å². The van der Waals surface area contributed by atoms with Gasteiger partial charge in [0.2, 0.25) is 0 Å². The van der Waals surface area contributed by atoms with E-state index in [1.165, 1.54) is 6.92 Å². The van der Waals surface area contributed by atoms with Gasteiger partial charge in [0.15, 0.2) is 25.2 Å². The first kappa shape index (κ1) is 50.2. The Hall–Kier alpha value is -0.840. The highest BCUT2D eigenvalue weighted by atomic mass is 16.7. The Morgan fingerprint density at radius 2 is 0.627 bits per heavy atom. The van der Waals surface area contributed by atoms with Crippen molar-refractivity contribution in [2.45, 2.75) is 145 Å². The van der Waals surface area contributed by atoms with Gasteiger partial charge in [-0.3, -0.25) is 0 Å². The maximum atomic E-state index is 10.7. The van der Waals surface area contributed by atoms with E-state index in [1.54, 1.807) is 13.8 Å². The molecule has 16 atom stereocenters. The van der Waals surface area contributed by atoms with Gasteiger partial charge in [0, 0.05) is 39.6 Å². The zero-order valence-electron chi connectivity index (χ0n) is 29.2. The molecule has 0 bridgehead atoms. The summed E-state index contributed by atoms with van der Waals surface area (Å²) in [5.41, 5.74) is 0. The van der Waals surface area contributed by atoms with E-state index in [9.17, 15) is 76.6 Å². The molecule has 0 aromatic carbocycles. The maximum absolute atomic E-state index is 10.7. The fraction of sp³-hybridized carbons (Fsp3) is 1.00. The highest BCUT2D eigenvalue weighted by Gasteiger charge is 2.40. The van der Waals surface area contributed by atoms with E-state index in [2.05, 4.69) is 0 Å². The van der Waals surface area contributed by atoms with E-state index >= 15 is 0 Å². The van der Waals surface area contributed by atoms with E-state index in [0.717, 1.165) is 0 Å². The van der Waals surface area contributed by atoms with Crippen molar-refractivity contribution in [2.75, 3.05) is 46.2 Å². The summed E-state index contributed by atoms with van der Waals surface area (Å²) in [7, 11) is 0. The van der Waals surface area contributed by atoms with Gasteiger partial charge in [0.05, 0.1) is 31.0 Å². The first-order valence-electron chi connectivity index (χ1n) is 16.8. The number of hydrogen-bond donors (Lipinski definition) is 15. The second kappa shape index (κ2) is 27.7. The van der Waals surface area contributed by atoms with Crippen LogP contribution >= 0.6 is 0 Å². The molecule has 0 heterocycles. The molecule has 51 heavy (non-hydrogen) atoms. The van der Waals surface area contributed by atoms with Gasteiger partial charge in [-0.25, -0.2) is 0 Å². The van der Waals surface area contributed by atoms with Gasteiger partial charge in [-0.1, -0.05) is 0 Å². The van der Waals surface area contributed by atoms with Crippen LogP contribution in [-0.4, -0.2) is 221 Å². The van der Waals surface area contributed by atoms with Crippen LogP contribution in [0.2, 0.25) is 0 Å². The third-order valence-corrected chi connectivity index (χ3v) is 7.75. The molecule has 0 amide bonds. The molecular formula is C30H62O21. The SMILES string of the molecule is CCOC(O)C(O)C(O)C(CCOC(O)C(O)C(O)C(CCO)OC(O)C(O)C(O)C(CCO)OCC)OC(O)C(O)C(O)C(CCO)OCC. The van der Waals surface area contributed by atoms with E-state index in [1.807, 2.05) is 0 Å². The van der Waals surface area contributed by atoms with Gasteiger partial charge in [-0.15, -0.1) is 0 Å². The third kappa shape index (κ3) is 17.4. The molecule has 0 fully saturated rings. The van der Waals surface area contributed by atoms with Crippen molar-refractivity contribution in [1.29, 1.82) is 0 Å². The second-order valence-corrected chi connectivity index (χ2v) is 11.5. The third-order valence-electron chi connectivity index (χ3n) is 7.75. The number of aliphatic hydroxyl groups is 15. The average molecular weight is 759 g/mol. The number of ether oxygens (including phenoxy) is 6. The molecule has 0 spiro atoms. The molecule has 0 saturated heterocycles. The first-order valence-corrected chi connectivity index (χ1v) is 16.8. The van der Waals surface area contributed by atoms with Crippen LogP contribution < -0.4 is 0 Å². The second-order valence-electron chi connectivity index (χ2n) is 11.5. The van der Waals surface area contributed by atoms with Crippen LogP contribution in [0.5, 0.6) is 0 Å². The topological polar surface area (TPSA) is 359 Å². The van der Waals surface area contributed by atoms with E-state index < -0.39 is 138 Å². The molecule has 0 aliphatic heterocycles. The molecule has 308 valence electrons. The lowest BCUT2D eigenvalue weighted by Crippen LogP contribution is -2.52. The van der Waals surface area contributed by atoms with Crippen LogP contribution in [0.1, 0.15) is 46.5 Å². The normalized spacial score (nSPS) is 22.0. The van der Waals surface area contributed by atoms with E-state index in [4.69, 9.17) is 28.4 Å². The largest absolute Gasteiger partial charge is 0.396 e. The van der Waals surface area contributed by atoms with Crippen molar-refractivity contribution < 1.29 is 105 Å². The Morgan fingerprint density at radius 3 is 0.980 bits per heavy atom. The summed E-state index contributed by atoms with van der Waals surface area (Å²) in [4.78, 5) is 0. The first-order chi connectivity index (χ1) is 24.1. The monoisotopic (exact) mass is 758 g/mol. The highest BCUT2D eigenvalue weighted by molar-refractivity contribution is 4.85. The van der Waals surface area contributed by atoms with Crippen molar-refractivity contribution >= 4 is 0 Å². The standard InChI is InChI=1S/C30H62O21/c1-4-46-15(7-11-31)19(34)25(40)29(44)50-17(9-13-33)21(36)24(39)28(43)49-14-10-18(22(37)23(38)27(42)48-6-3)51-30(45)26(41)20(35)16(8-12-32)47-5-2/h15-45H,4-14H2,1-3H3. The van der Waals surface area contributed by atoms with Crippen molar-refractivity contribution in [3.8, 4) is 0 Å². The molecular weight excluding hydrogens is 696 g/mol. The quantitative estimate of drug-likeness (QED) is 0.0283. The van der Waals surface area contributed by atoms with Crippen molar-refractivity contribution in [3.05, 3.63) is 0 Å². The molecule has 21 nitrogen and oxygen atoms in total. The van der Waals surface area contributed by atoms with Gasteiger partial charge in [0.25, 0.3) is 0 Å². The van der Waals surface area contributed by atoms with E-state index in [-0.39, 0.29) is 32.7 Å². The van der Waals surface area contributed by atoms with Crippen LogP contribution in [0.15, 0.2) is 0 Å². The Bertz CT molecular complexity index is 821. The lowest BCUT2D eigenvalue weighted by Gasteiger charge is -2.35. The summed E-state index contributed by atoms with van der Waals surface area (Å²) in [5.74, 6) is 0. The van der Waals surface area contributed by atoms with Crippen LogP contribution in [0.4, 0.5) is 0 Å². The fourth-order valence-corrected chi connectivity index (χ4v) is 4.90. The minimum Gasteiger partial charge on any atom is -0.396 e. The Morgan fingerprint density at radius 1 is 0.333 bits per heavy atom. The minimum absolute atomic E-state index is 0.0767. The van der Waals surface area contributed by atoms with Gasteiger partial charge in [0.1, 0.15) is 48.8 Å². The molecule has 0 aromatic rings. The Balaban J connectivity index is 5.71. The highest BCUT2D eigenvalue weighted by Crippen LogP contribution is 2.21. The lowest BCUT2D eigenvalue weighted by molar-refractivity contribution is -0.267. The molecule has 15 N–H and O–H groups in total. The summed E-state index contributed by atoms with van der Waals surface area (Å²) < 4.78 is 30.9. The van der Waals surface area contributed by atoms with Crippen LogP contribution in [0, 0.1) is 0 Å². The molecule has 16 unspecified atom stereocenters. The Kier molecular flexibility index (Phi) is 27.2. The Labute approximate surface area is 296 Å². The van der Waals surface area contributed by atoms with Gasteiger partial charge in [-0.05, 0) is 46.5 Å². The van der Waals surface area contributed by atoms with Gasteiger partial charge >= 0.3 is 0 Å². The van der Waals surface area contributed by atoms with Crippen molar-refractivity contribution in [2.24, 2.45) is 0 Å². The fourth-order valence-electron chi connectivity index (χ4n) is 4.90. The zero-order chi connectivity index (χ0) is 39.3. The van der Waals surface area contributed by atoms with Gasteiger partial charge in [-0.2, -0.15) is 0 Å². The number of aliphatic hydroxyl groups excluding tert-OH is 15. The smallest absolute Gasteiger partial charge is 0.183 e. The molecule has 0 aromatic heterocycles. The summed E-state index contributed by atoms with van der Waals surface area (Å²) >= 11 is 0. The summed E-state index contributed by atoms with van der Waals surface area (Å²) in [5, 5.41) is 153. The van der Waals surface area contributed by atoms with Crippen molar-refractivity contribution in [1.82, 2.24) is 0 Å². The van der Waals surface area contributed by atoms with Crippen LogP contribution in [0.25, 0.3) is 0 Å². The maximum Gasteiger partial charge on any atom is 0.183 e. The molecule has 0 aliphatic carbocycles.